The first-order valence-corrected chi connectivity index (χ1v) is 5.91. The lowest BCUT2D eigenvalue weighted by Crippen LogP contribution is -2.07. The Kier molecular flexibility index (Phi) is 3.61. The molecule has 1 heterocycles. The number of halogens is 3. The Morgan fingerprint density at radius 3 is 2.32 bits per heavy atom. The summed E-state index contributed by atoms with van der Waals surface area (Å²) >= 11 is 0. The van der Waals surface area contributed by atoms with E-state index in [-0.39, 0.29) is 0 Å². The third-order valence-electron chi connectivity index (χ3n) is 2.85. The van der Waals surface area contributed by atoms with Gasteiger partial charge in [0.15, 0.2) is 5.69 Å². The average Bonchev–Trinajstić information content (AvgIpc) is 2.83. The number of benzene rings is 1. The van der Waals surface area contributed by atoms with Gasteiger partial charge in [0.2, 0.25) is 0 Å². The standard InChI is InChI=1S/C13H14F3N3/c1-2-10-7-12(13(14,15)16)18-19(10)11-5-3-9(8-17)4-6-11/h3-7H,2,8,17H2,1H3. The molecule has 2 N–H and O–H groups in total. The van der Waals surface area contributed by atoms with Crippen molar-refractivity contribution in [3.63, 3.8) is 0 Å². The Morgan fingerprint density at radius 1 is 1.21 bits per heavy atom. The second-order valence-electron chi connectivity index (χ2n) is 4.15. The van der Waals surface area contributed by atoms with Crippen LogP contribution in [0.1, 0.15) is 23.9 Å². The zero-order valence-corrected chi connectivity index (χ0v) is 10.4. The molecule has 0 aliphatic heterocycles. The summed E-state index contributed by atoms with van der Waals surface area (Å²) < 4.78 is 39.3. The quantitative estimate of drug-likeness (QED) is 0.931. The first-order valence-electron chi connectivity index (χ1n) is 5.91. The number of hydrogen-bond donors (Lipinski definition) is 1. The number of rotatable bonds is 3. The highest BCUT2D eigenvalue weighted by atomic mass is 19.4. The molecule has 6 heteroatoms. The SMILES string of the molecule is CCc1cc(C(F)(F)F)nn1-c1ccc(CN)cc1. The minimum Gasteiger partial charge on any atom is -0.326 e. The van der Waals surface area contributed by atoms with Gasteiger partial charge in [-0.3, -0.25) is 0 Å². The first kappa shape index (κ1) is 13.6. The molecule has 0 amide bonds. The molecule has 0 fully saturated rings. The maximum atomic E-state index is 12.7. The van der Waals surface area contributed by atoms with E-state index in [4.69, 9.17) is 5.73 Å². The Hall–Kier alpha value is -1.82. The first-order chi connectivity index (χ1) is 8.95. The number of aromatic nitrogens is 2. The summed E-state index contributed by atoms with van der Waals surface area (Å²) in [5.41, 5.74) is 6.66. The highest BCUT2D eigenvalue weighted by molar-refractivity contribution is 5.36. The van der Waals surface area contributed by atoms with Crippen LogP contribution < -0.4 is 5.73 Å². The van der Waals surface area contributed by atoms with Gasteiger partial charge in [-0.2, -0.15) is 18.3 Å². The van der Waals surface area contributed by atoms with Gasteiger partial charge in [-0.15, -0.1) is 0 Å². The highest BCUT2D eigenvalue weighted by Crippen LogP contribution is 2.29. The van der Waals surface area contributed by atoms with Crippen molar-refractivity contribution >= 4 is 0 Å². The van der Waals surface area contributed by atoms with Crippen LogP contribution in [0.3, 0.4) is 0 Å². The normalized spacial score (nSPS) is 11.8. The summed E-state index contributed by atoms with van der Waals surface area (Å²) in [5.74, 6) is 0. The lowest BCUT2D eigenvalue weighted by atomic mass is 10.2. The van der Waals surface area contributed by atoms with E-state index < -0.39 is 11.9 Å². The third kappa shape index (κ3) is 2.78. The molecular weight excluding hydrogens is 255 g/mol. The monoisotopic (exact) mass is 269 g/mol. The second kappa shape index (κ2) is 5.05. The van der Waals surface area contributed by atoms with Crippen LogP contribution in [0.25, 0.3) is 5.69 Å². The minimum atomic E-state index is -4.42. The van der Waals surface area contributed by atoms with Gasteiger partial charge in [-0.25, -0.2) is 4.68 Å². The number of hydrogen-bond acceptors (Lipinski definition) is 2. The van der Waals surface area contributed by atoms with Gasteiger partial charge >= 0.3 is 6.18 Å². The lowest BCUT2D eigenvalue weighted by Gasteiger charge is -2.06. The van der Waals surface area contributed by atoms with Crippen molar-refractivity contribution in [2.45, 2.75) is 26.1 Å². The molecule has 0 atom stereocenters. The molecule has 0 saturated carbocycles. The summed E-state index contributed by atoms with van der Waals surface area (Å²) in [4.78, 5) is 0. The van der Waals surface area contributed by atoms with E-state index in [2.05, 4.69) is 5.10 Å². The maximum Gasteiger partial charge on any atom is 0.435 e. The van der Waals surface area contributed by atoms with E-state index >= 15 is 0 Å². The zero-order valence-electron chi connectivity index (χ0n) is 10.4. The van der Waals surface area contributed by atoms with Crippen LogP contribution in [0.5, 0.6) is 0 Å². The average molecular weight is 269 g/mol. The van der Waals surface area contributed by atoms with Crippen molar-refractivity contribution in [3.8, 4) is 5.69 Å². The molecule has 0 bridgehead atoms. The van der Waals surface area contributed by atoms with E-state index in [1.165, 1.54) is 4.68 Å². The van der Waals surface area contributed by atoms with E-state index in [1.54, 1.807) is 31.2 Å². The molecule has 0 saturated heterocycles. The minimum absolute atomic E-state index is 0.397. The van der Waals surface area contributed by atoms with Gasteiger partial charge in [0.05, 0.1) is 5.69 Å². The summed E-state index contributed by atoms with van der Waals surface area (Å²) in [6.07, 6.45) is -3.95. The van der Waals surface area contributed by atoms with Crippen molar-refractivity contribution in [1.82, 2.24) is 9.78 Å². The van der Waals surface area contributed by atoms with Crippen LogP contribution >= 0.6 is 0 Å². The van der Waals surface area contributed by atoms with E-state index in [1.807, 2.05) is 0 Å². The van der Waals surface area contributed by atoms with Gasteiger partial charge in [0.1, 0.15) is 0 Å². The fourth-order valence-electron chi connectivity index (χ4n) is 1.81. The van der Waals surface area contributed by atoms with Crippen LogP contribution in [0.4, 0.5) is 13.2 Å². The highest BCUT2D eigenvalue weighted by Gasteiger charge is 2.34. The second-order valence-corrected chi connectivity index (χ2v) is 4.15. The molecule has 2 aromatic rings. The molecular formula is C13H14F3N3. The van der Waals surface area contributed by atoms with Gasteiger partial charge in [-0.1, -0.05) is 19.1 Å². The van der Waals surface area contributed by atoms with Gasteiger partial charge in [0.25, 0.3) is 0 Å². The Balaban J connectivity index is 2.45. The number of alkyl halides is 3. The number of nitrogens with two attached hydrogens (primary N) is 1. The Morgan fingerprint density at radius 2 is 1.84 bits per heavy atom. The van der Waals surface area contributed by atoms with Gasteiger partial charge in [-0.05, 0) is 30.2 Å². The molecule has 3 nitrogen and oxygen atoms in total. The van der Waals surface area contributed by atoms with Crippen LogP contribution in [-0.2, 0) is 19.1 Å². The predicted octanol–water partition coefficient (Wildman–Crippen LogP) is 2.91. The summed E-state index contributed by atoms with van der Waals surface area (Å²) in [6, 6.07) is 8.08. The summed E-state index contributed by atoms with van der Waals surface area (Å²) in [7, 11) is 0. The smallest absolute Gasteiger partial charge is 0.326 e. The van der Waals surface area contributed by atoms with Crippen molar-refractivity contribution < 1.29 is 13.2 Å². The molecule has 0 radical (unpaired) electrons. The van der Waals surface area contributed by atoms with Gasteiger partial charge in [0, 0.05) is 12.2 Å². The topological polar surface area (TPSA) is 43.8 Å². The lowest BCUT2D eigenvalue weighted by molar-refractivity contribution is -0.141. The number of nitrogens with zero attached hydrogens (tertiary/aromatic N) is 2. The van der Waals surface area contributed by atoms with E-state index in [0.29, 0.717) is 24.3 Å². The maximum absolute atomic E-state index is 12.7. The number of aryl methyl sites for hydroxylation is 1. The molecule has 1 aromatic heterocycles. The van der Waals surface area contributed by atoms with E-state index in [0.717, 1.165) is 11.6 Å². The molecule has 0 unspecified atom stereocenters. The van der Waals surface area contributed by atoms with Crippen LogP contribution in [0.15, 0.2) is 30.3 Å². The van der Waals surface area contributed by atoms with Crippen LogP contribution in [-0.4, -0.2) is 9.78 Å². The third-order valence-corrected chi connectivity index (χ3v) is 2.85. The Labute approximate surface area is 108 Å². The van der Waals surface area contributed by atoms with Gasteiger partial charge < -0.3 is 5.73 Å². The van der Waals surface area contributed by atoms with E-state index in [9.17, 15) is 13.2 Å². The fraction of sp³-hybridized carbons (Fsp3) is 0.308. The van der Waals surface area contributed by atoms with Crippen LogP contribution in [0, 0.1) is 0 Å². The summed E-state index contributed by atoms with van der Waals surface area (Å²) in [6.45, 7) is 2.19. The molecule has 19 heavy (non-hydrogen) atoms. The predicted molar refractivity (Wildman–Crippen MR) is 65.8 cm³/mol. The molecule has 0 aliphatic rings. The van der Waals surface area contributed by atoms with Crippen LogP contribution in [0.2, 0.25) is 0 Å². The zero-order chi connectivity index (χ0) is 14.0. The molecule has 0 aliphatic carbocycles. The van der Waals surface area contributed by atoms with Crippen molar-refractivity contribution in [3.05, 3.63) is 47.3 Å². The molecule has 2 rings (SSSR count). The molecule has 102 valence electrons. The molecule has 0 spiro atoms. The van der Waals surface area contributed by atoms with Crippen molar-refractivity contribution in [2.75, 3.05) is 0 Å². The largest absolute Gasteiger partial charge is 0.435 e. The fourth-order valence-corrected chi connectivity index (χ4v) is 1.81. The van der Waals surface area contributed by atoms with Crippen molar-refractivity contribution in [2.24, 2.45) is 5.73 Å². The summed E-state index contributed by atoms with van der Waals surface area (Å²) in [5, 5.41) is 3.64. The Bertz CT molecular complexity index is 556. The molecule has 1 aromatic carbocycles. The van der Waals surface area contributed by atoms with Crippen molar-refractivity contribution in [1.29, 1.82) is 0 Å².